The van der Waals surface area contributed by atoms with Crippen molar-refractivity contribution in [1.82, 2.24) is 4.37 Å². The Morgan fingerprint density at radius 1 is 1.73 bits per heavy atom. The molecule has 0 aliphatic heterocycles. The van der Waals surface area contributed by atoms with Crippen molar-refractivity contribution in [3.63, 3.8) is 0 Å². The van der Waals surface area contributed by atoms with Crippen LogP contribution in [0, 0.1) is 11.8 Å². The molecular formula is C9H14N4OS. The Morgan fingerprint density at radius 2 is 2.40 bits per heavy atom. The number of aromatic nitrogens is 1. The number of nitrogen functional groups attached to an aromatic ring is 1. The fourth-order valence-electron chi connectivity index (χ4n) is 1.57. The molecule has 2 rings (SSSR count). The Bertz CT molecular complexity index is 389. The molecule has 1 amide bonds. The van der Waals surface area contributed by atoms with Gasteiger partial charge in [0.1, 0.15) is 10.6 Å². The van der Waals surface area contributed by atoms with E-state index in [-0.39, 0.29) is 5.82 Å². The molecular weight excluding hydrogens is 212 g/mol. The van der Waals surface area contributed by atoms with Crippen LogP contribution in [0.1, 0.15) is 23.7 Å². The number of primary amides is 1. The second kappa shape index (κ2) is 3.69. The summed E-state index contributed by atoms with van der Waals surface area (Å²) in [4.78, 5) is 11.1. The topological polar surface area (TPSA) is 94.0 Å². The first-order valence-corrected chi connectivity index (χ1v) is 5.65. The van der Waals surface area contributed by atoms with Gasteiger partial charge in [-0.25, -0.2) is 0 Å². The molecule has 1 aromatic heterocycles. The van der Waals surface area contributed by atoms with Gasteiger partial charge in [0.25, 0.3) is 5.91 Å². The number of carbonyl (C=O) groups excluding carboxylic acids is 1. The molecule has 1 heterocycles. The summed E-state index contributed by atoms with van der Waals surface area (Å²) in [6, 6.07) is 0. The molecule has 2 unspecified atom stereocenters. The summed E-state index contributed by atoms with van der Waals surface area (Å²) in [5.41, 5.74) is 11.1. The van der Waals surface area contributed by atoms with Gasteiger partial charge >= 0.3 is 0 Å². The van der Waals surface area contributed by atoms with Crippen LogP contribution in [0.15, 0.2) is 0 Å². The average Bonchev–Trinajstić information content (AvgIpc) is 2.72. The van der Waals surface area contributed by atoms with Gasteiger partial charge in [0.05, 0.1) is 0 Å². The lowest BCUT2D eigenvalue weighted by Crippen LogP contribution is -2.15. The van der Waals surface area contributed by atoms with E-state index in [4.69, 9.17) is 11.5 Å². The van der Waals surface area contributed by atoms with Gasteiger partial charge in [0.15, 0.2) is 5.82 Å². The first-order chi connectivity index (χ1) is 7.09. The largest absolute Gasteiger partial charge is 0.382 e. The SMILES string of the molecule is CC1CC1CNc1snc(N)c1C(N)=O. The zero-order valence-corrected chi connectivity index (χ0v) is 9.30. The van der Waals surface area contributed by atoms with E-state index in [1.165, 1.54) is 18.0 Å². The molecule has 82 valence electrons. The fourth-order valence-corrected chi connectivity index (χ4v) is 2.29. The highest BCUT2D eigenvalue weighted by atomic mass is 32.1. The van der Waals surface area contributed by atoms with Gasteiger partial charge in [0, 0.05) is 6.54 Å². The van der Waals surface area contributed by atoms with Crippen molar-refractivity contribution < 1.29 is 4.79 Å². The molecule has 1 aromatic rings. The van der Waals surface area contributed by atoms with Crippen LogP contribution in [0.5, 0.6) is 0 Å². The second-order valence-corrected chi connectivity index (χ2v) is 4.76. The number of nitrogens with zero attached hydrogens (tertiary/aromatic N) is 1. The monoisotopic (exact) mass is 226 g/mol. The first kappa shape index (κ1) is 10.2. The highest BCUT2D eigenvalue weighted by Crippen LogP contribution is 2.38. The van der Waals surface area contributed by atoms with E-state index in [0.29, 0.717) is 16.5 Å². The van der Waals surface area contributed by atoms with Crippen molar-refractivity contribution in [3.05, 3.63) is 5.56 Å². The van der Waals surface area contributed by atoms with Crippen LogP contribution in [0.4, 0.5) is 10.8 Å². The summed E-state index contributed by atoms with van der Waals surface area (Å²) < 4.78 is 3.91. The molecule has 1 saturated carbocycles. The number of hydrogen-bond donors (Lipinski definition) is 3. The third kappa shape index (κ3) is 2.04. The molecule has 15 heavy (non-hydrogen) atoms. The Hall–Kier alpha value is -1.30. The summed E-state index contributed by atoms with van der Waals surface area (Å²) >= 11 is 1.19. The summed E-state index contributed by atoms with van der Waals surface area (Å²) in [6.45, 7) is 3.07. The van der Waals surface area contributed by atoms with Crippen LogP contribution < -0.4 is 16.8 Å². The molecule has 0 spiro atoms. The molecule has 0 aromatic carbocycles. The van der Waals surface area contributed by atoms with E-state index >= 15 is 0 Å². The van der Waals surface area contributed by atoms with Crippen LogP contribution in [0.3, 0.4) is 0 Å². The van der Waals surface area contributed by atoms with Gasteiger partial charge in [0.2, 0.25) is 0 Å². The highest BCUT2D eigenvalue weighted by Gasteiger charge is 2.32. The minimum absolute atomic E-state index is 0.221. The van der Waals surface area contributed by atoms with Crippen LogP contribution in [0.25, 0.3) is 0 Å². The van der Waals surface area contributed by atoms with Crippen molar-refractivity contribution in [2.45, 2.75) is 13.3 Å². The van der Waals surface area contributed by atoms with Gasteiger partial charge in [-0.1, -0.05) is 6.92 Å². The molecule has 5 nitrogen and oxygen atoms in total. The Labute approximate surface area is 92.0 Å². The predicted octanol–water partition coefficient (Wildman–Crippen LogP) is 0.892. The maximum Gasteiger partial charge on any atom is 0.255 e. The maximum atomic E-state index is 11.1. The van der Waals surface area contributed by atoms with Crippen molar-refractivity contribution in [2.24, 2.45) is 17.6 Å². The zero-order chi connectivity index (χ0) is 11.0. The average molecular weight is 226 g/mol. The van der Waals surface area contributed by atoms with Crippen LogP contribution in [-0.4, -0.2) is 16.8 Å². The zero-order valence-electron chi connectivity index (χ0n) is 8.49. The fraction of sp³-hybridized carbons (Fsp3) is 0.556. The quantitative estimate of drug-likeness (QED) is 0.710. The minimum Gasteiger partial charge on any atom is -0.382 e. The number of nitrogens with two attached hydrogens (primary N) is 2. The lowest BCUT2D eigenvalue weighted by molar-refractivity contribution is 0.100. The smallest absolute Gasteiger partial charge is 0.255 e. The number of amides is 1. The number of hydrogen-bond acceptors (Lipinski definition) is 5. The van der Waals surface area contributed by atoms with Crippen LogP contribution in [-0.2, 0) is 0 Å². The van der Waals surface area contributed by atoms with E-state index in [2.05, 4.69) is 16.6 Å². The van der Waals surface area contributed by atoms with Gasteiger partial charge < -0.3 is 16.8 Å². The maximum absolute atomic E-state index is 11.1. The van der Waals surface area contributed by atoms with Gasteiger partial charge in [-0.15, -0.1) is 0 Å². The van der Waals surface area contributed by atoms with Crippen molar-refractivity contribution >= 4 is 28.3 Å². The third-order valence-electron chi connectivity index (χ3n) is 2.77. The molecule has 1 aliphatic rings. The van der Waals surface area contributed by atoms with E-state index in [1.54, 1.807) is 0 Å². The van der Waals surface area contributed by atoms with Crippen molar-refractivity contribution in [1.29, 1.82) is 0 Å². The first-order valence-electron chi connectivity index (χ1n) is 4.88. The van der Waals surface area contributed by atoms with E-state index in [1.807, 2.05) is 0 Å². The van der Waals surface area contributed by atoms with Crippen molar-refractivity contribution in [3.8, 4) is 0 Å². The van der Waals surface area contributed by atoms with E-state index in [9.17, 15) is 4.79 Å². The van der Waals surface area contributed by atoms with Gasteiger partial charge in [-0.3, -0.25) is 4.79 Å². The molecule has 6 heteroatoms. The van der Waals surface area contributed by atoms with Gasteiger partial charge in [-0.05, 0) is 29.8 Å². The van der Waals surface area contributed by atoms with Crippen LogP contribution in [0.2, 0.25) is 0 Å². The summed E-state index contributed by atoms with van der Waals surface area (Å²) in [5.74, 6) is 1.18. The van der Waals surface area contributed by atoms with E-state index < -0.39 is 5.91 Å². The Balaban J connectivity index is 2.04. The molecule has 2 atom stereocenters. The lowest BCUT2D eigenvalue weighted by atomic mass is 10.3. The lowest BCUT2D eigenvalue weighted by Gasteiger charge is -2.03. The minimum atomic E-state index is -0.521. The summed E-state index contributed by atoms with van der Waals surface area (Å²) in [7, 11) is 0. The van der Waals surface area contributed by atoms with Crippen molar-refractivity contribution in [2.75, 3.05) is 17.6 Å². The second-order valence-electron chi connectivity index (χ2n) is 3.99. The Morgan fingerprint density at radius 3 is 2.93 bits per heavy atom. The molecule has 1 fully saturated rings. The molecule has 0 bridgehead atoms. The molecule has 0 radical (unpaired) electrons. The number of rotatable bonds is 4. The third-order valence-corrected chi connectivity index (χ3v) is 3.58. The van der Waals surface area contributed by atoms with Crippen LogP contribution >= 0.6 is 11.5 Å². The number of nitrogens with one attached hydrogen (secondary N) is 1. The van der Waals surface area contributed by atoms with Gasteiger partial charge in [-0.2, -0.15) is 4.37 Å². The molecule has 5 N–H and O–H groups in total. The Kier molecular flexibility index (Phi) is 2.52. The number of carbonyl (C=O) groups is 1. The van der Waals surface area contributed by atoms with E-state index in [0.717, 1.165) is 12.5 Å². The summed E-state index contributed by atoms with van der Waals surface area (Å²) in [6.07, 6.45) is 1.24. The standard InChI is InChI=1S/C9H14N4OS/c1-4-2-5(4)3-12-9-6(8(11)14)7(10)13-15-9/h4-5,12H,2-3H2,1H3,(H2,10,13)(H2,11,14). The molecule has 0 saturated heterocycles. The predicted molar refractivity (Wildman–Crippen MR) is 60.8 cm³/mol. The number of anilines is 2. The highest BCUT2D eigenvalue weighted by molar-refractivity contribution is 7.11. The normalized spacial score (nSPS) is 23.8. The molecule has 1 aliphatic carbocycles. The summed E-state index contributed by atoms with van der Waals surface area (Å²) in [5, 5.41) is 3.88.